The van der Waals surface area contributed by atoms with Crippen LogP contribution in [0.3, 0.4) is 0 Å². The maximum atomic E-state index is 13.0. The van der Waals surface area contributed by atoms with Gasteiger partial charge in [0.25, 0.3) is 5.91 Å². The van der Waals surface area contributed by atoms with Crippen LogP contribution in [0.1, 0.15) is 37.8 Å². The van der Waals surface area contributed by atoms with Crippen molar-refractivity contribution in [3.63, 3.8) is 0 Å². The van der Waals surface area contributed by atoms with Crippen LogP contribution in [0.2, 0.25) is 0 Å². The summed E-state index contributed by atoms with van der Waals surface area (Å²) in [6.45, 7) is 10.1. The van der Waals surface area contributed by atoms with Gasteiger partial charge in [0.1, 0.15) is 12.3 Å². The van der Waals surface area contributed by atoms with E-state index in [1.165, 1.54) is 0 Å². The molecule has 0 saturated heterocycles. The predicted molar refractivity (Wildman–Crippen MR) is 111 cm³/mol. The Labute approximate surface area is 171 Å². The normalized spacial score (nSPS) is 11.3. The number of hydrogen-bond donors (Lipinski definition) is 0. The van der Waals surface area contributed by atoms with Crippen LogP contribution in [-0.4, -0.2) is 33.1 Å². The number of nitrogens with zero attached hydrogens (tertiary/aromatic N) is 3. The average molecular weight is 393 g/mol. The van der Waals surface area contributed by atoms with E-state index in [0.717, 1.165) is 22.4 Å². The number of rotatable bonds is 6. The Morgan fingerprint density at radius 2 is 1.79 bits per heavy atom. The quantitative estimate of drug-likeness (QED) is 0.614. The lowest BCUT2D eigenvalue weighted by atomic mass is 10.1. The minimum absolute atomic E-state index is 0.0543. The van der Waals surface area contributed by atoms with Crippen molar-refractivity contribution in [3.8, 4) is 17.1 Å². The molecule has 3 rings (SSSR count). The largest absolute Gasteiger partial charge is 0.483 e. The van der Waals surface area contributed by atoms with Gasteiger partial charge in [-0.05, 0) is 51.8 Å². The topological polar surface area (TPSA) is 68.5 Å². The number of ether oxygens (including phenoxy) is 1. The number of amides is 1. The van der Waals surface area contributed by atoms with Crippen LogP contribution in [0.25, 0.3) is 11.4 Å². The molecule has 0 fully saturated rings. The standard InChI is InChI=1S/C23H27N3O3/c1-16-10-9-13-19(17(16)2)28-15-21(27)26(23(3,4)5)14-20-24-22(25-29-20)18-11-7-6-8-12-18/h6-13H,14-15H2,1-5H3. The van der Waals surface area contributed by atoms with E-state index in [2.05, 4.69) is 10.1 Å². The Kier molecular flexibility index (Phi) is 6.01. The smallest absolute Gasteiger partial charge is 0.261 e. The summed E-state index contributed by atoms with van der Waals surface area (Å²) < 4.78 is 11.2. The van der Waals surface area contributed by atoms with Gasteiger partial charge in [-0.2, -0.15) is 4.98 Å². The molecule has 0 bridgehead atoms. The first-order valence-corrected chi connectivity index (χ1v) is 9.63. The van der Waals surface area contributed by atoms with Crippen LogP contribution < -0.4 is 4.74 Å². The third kappa shape index (κ3) is 5.02. The zero-order chi connectivity index (χ0) is 21.0. The minimum atomic E-state index is -0.427. The van der Waals surface area contributed by atoms with Gasteiger partial charge >= 0.3 is 0 Å². The molecule has 0 N–H and O–H groups in total. The molecule has 0 aliphatic heterocycles. The van der Waals surface area contributed by atoms with Crippen molar-refractivity contribution in [3.05, 3.63) is 65.5 Å². The molecule has 0 aliphatic carbocycles. The van der Waals surface area contributed by atoms with Crippen molar-refractivity contribution in [1.82, 2.24) is 15.0 Å². The molecule has 1 amide bonds. The van der Waals surface area contributed by atoms with E-state index in [1.807, 2.05) is 83.1 Å². The molecular weight excluding hydrogens is 366 g/mol. The molecule has 152 valence electrons. The summed E-state index contributed by atoms with van der Waals surface area (Å²) in [7, 11) is 0. The molecule has 2 aromatic carbocycles. The zero-order valence-electron chi connectivity index (χ0n) is 17.6. The van der Waals surface area contributed by atoms with Crippen molar-refractivity contribution in [2.45, 2.75) is 46.7 Å². The van der Waals surface area contributed by atoms with Crippen LogP contribution in [0.15, 0.2) is 53.1 Å². The van der Waals surface area contributed by atoms with Gasteiger partial charge in [-0.3, -0.25) is 4.79 Å². The van der Waals surface area contributed by atoms with Crippen molar-refractivity contribution in [2.75, 3.05) is 6.61 Å². The van der Waals surface area contributed by atoms with Crippen molar-refractivity contribution < 1.29 is 14.1 Å². The minimum Gasteiger partial charge on any atom is -0.483 e. The molecule has 6 heteroatoms. The first-order valence-electron chi connectivity index (χ1n) is 9.63. The van der Waals surface area contributed by atoms with Gasteiger partial charge in [-0.25, -0.2) is 0 Å². The highest BCUT2D eigenvalue weighted by Gasteiger charge is 2.29. The lowest BCUT2D eigenvalue weighted by molar-refractivity contribution is -0.139. The Hall–Kier alpha value is -3.15. The molecule has 3 aromatic rings. The van der Waals surface area contributed by atoms with E-state index < -0.39 is 5.54 Å². The number of carbonyl (C=O) groups excluding carboxylic acids is 1. The molecule has 0 radical (unpaired) electrons. The van der Waals surface area contributed by atoms with Gasteiger partial charge in [0, 0.05) is 11.1 Å². The highest BCUT2D eigenvalue weighted by molar-refractivity contribution is 5.78. The highest BCUT2D eigenvalue weighted by atomic mass is 16.5. The van der Waals surface area contributed by atoms with E-state index in [1.54, 1.807) is 4.90 Å². The summed E-state index contributed by atoms with van der Waals surface area (Å²) in [4.78, 5) is 19.1. The number of carbonyl (C=O) groups is 1. The van der Waals surface area contributed by atoms with Gasteiger partial charge in [-0.1, -0.05) is 47.6 Å². The molecular formula is C23H27N3O3. The third-order valence-electron chi connectivity index (χ3n) is 4.81. The van der Waals surface area contributed by atoms with Gasteiger partial charge in [0.15, 0.2) is 6.61 Å². The van der Waals surface area contributed by atoms with Gasteiger partial charge < -0.3 is 14.2 Å². The summed E-state index contributed by atoms with van der Waals surface area (Å²) in [6.07, 6.45) is 0. The Bertz CT molecular complexity index is 975. The van der Waals surface area contributed by atoms with Gasteiger partial charge in [0.05, 0.1) is 0 Å². The second kappa shape index (κ2) is 8.47. The maximum Gasteiger partial charge on any atom is 0.261 e. The zero-order valence-corrected chi connectivity index (χ0v) is 17.6. The van der Waals surface area contributed by atoms with Crippen LogP contribution >= 0.6 is 0 Å². The molecule has 1 aromatic heterocycles. The molecule has 0 saturated carbocycles. The van der Waals surface area contributed by atoms with Crippen LogP contribution in [0.4, 0.5) is 0 Å². The average Bonchev–Trinajstić information content (AvgIpc) is 3.16. The predicted octanol–water partition coefficient (Wildman–Crippen LogP) is 4.56. The summed E-state index contributed by atoms with van der Waals surface area (Å²) >= 11 is 0. The molecule has 0 spiro atoms. The second-order valence-electron chi connectivity index (χ2n) is 8.02. The van der Waals surface area contributed by atoms with Crippen LogP contribution in [-0.2, 0) is 11.3 Å². The van der Waals surface area contributed by atoms with Gasteiger partial charge in [0.2, 0.25) is 11.7 Å². The first-order chi connectivity index (χ1) is 13.8. The third-order valence-corrected chi connectivity index (χ3v) is 4.81. The Balaban J connectivity index is 1.72. The lowest BCUT2D eigenvalue weighted by Gasteiger charge is -2.34. The van der Waals surface area contributed by atoms with Crippen LogP contribution in [0.5, 0.6) is 5.75 Å². The lowest BCUT2D eigenvalue weighted by Crippen LogP contribution is -2.47. The molecule has 0 atom stereocenters. The number of aromatic nitrogens is 2. The summed E-state index contributed by atoms with van der Waals surface area (Å²) in [5.41, 5.74) is 2.60. The van der Waals surface area contributed by atoms with Gasteiger partial charge in [-0.15, -0.1) is 0 Å². The van der Waals surface area contributed by atoms with E-state index in [9.17, 15) is 4.79 Å². The Morgan fingerprint density at radius 3 is 2.48 bits per heavy atom. The highest BCUT2D eigenvalue weighted by Crippen LogP contribution is 2.23. The fraction of sp³-hybridized carbons (Fsp3) is 0.348. The summed E-state index contributed by atoms with van der Waals surface area (Å²) in [5, 5.41) is 4.04. The number of benzene rings is 2. The van der Waals surface area contributed by atoms with Crippen molar-refractivity contribution in [2.24, 2.45) is 0 Å². The fourth-order valence-electron chi connectivity index (χ4n) is 2.96. The summed E-state index contributed by atoms with van der Waals surface area (Å²) in [6, 6.07) is 15.4. The van der Waals surface area contributed by atoms with Crippen molar-refractivity contribution in [1.29, 1.82) is 0 Å². The molecule has 1 heterocycles. The molecule has 29 heavy (non-hydrogen) atoms. The maximum absolute atomic E-state index is 13.0. The molecule has 0 unspecified atom stereocenters. The number of hydrogen-bond acceptors (Lipinski definition) is 5. The second-order valence-corrected chi connectivity index (χ2v) is 8.02. The van der Waals surface area contributed by atoms with E-state index in [0.29, 0.717) is 11.7 Å². The molecule has 6 nitrogen and oxygen atoms in total. The van der Waals surface area contributed by atoms with E-state index >= 15 is 0 Å². The molecule has 0 aliphatic rings. The summed E-state index contributed by atoms with van der Waals surface area (Å²) in [5.74, 6) is 1.47. The number of aryl methyl sites for hydroxylation is 1. The van der Waals surface area contributed by atoms with E-state index in [-0.39, 0.29) is 19.1 Å². The SMILES string of the molecule is Cc1cccc(OCC(=O)N(Cc2nc(-c3ccccc3)no2)C(C)(C)C)c1C. The monoisotopic (exact) mass is 393 g/mol. The first kappa shape index (κ1) is 20.6. The van der Waals surface area contributed by atoms with Crippen molar-refractivity contribution >= 4 is 5.91 Å². The van der Waals surface area contributed by atoms with Crippen LogP contribution in [0, 0.1) is 13.8 Å². The van der Waals surface area contributed by atoms with E-state index in [4.69, 9.17) is 9.26 Å². The fourth-order valence-corrected chi connectivity index (χ4v) is 2.96. The Morgan fingerprint density at radius 1 is 1.07 bits per heavy atom.